The lowest BCUT2D eigenvalue weighted by Crippen LogP contribution is -2.05. The molecule has 0 unspecified atom stereocenters. The molecule has 2 aromatic rings. The highest BCUT2D eigenvalue weighted by atomic mass is 79.9. The second kappa shape index (κ2) is 5.91. The highest BCUT2D eigenvalue weighted by molar-refractivity contribution is 9.10. The fourth-order valence-corrected chi connectivity index (χ4v) is 3.43. The zero-order valence-electron chi connectivity index (χ0n) is 10.5. The van der Waals surface area contributed by atoms with E-state index in [1.54, 1.807) is 11.8 Å². The van der Waals surface area contributed by atoms with E-state index in [-0.39, 0.29) is 6.04 Å². The summed E-state index contributed by atoms with van der Waals surface area (Å²) < 4.78 is 1.08. The van der Waals surface area contributed by atoms with Gasteiger partial charge in [0.05, 0.1) is 0 Å². The van der Waals surface area contributed by atoms with Crippen LogP contribution in [0.4, 0.5) is 0 Å². The van der Waals surface area contributed by atoms with E-state index in [0.717, 1.165) is 10.0 Å². The van der Waals surface area contributed by atoms with Gasteiger partial charge in [-0.2, -0.15) is 0 Å². The van der Waals surface area contributed by atoms with Crippen molar-refractivity contribution < 1.29 is 0 Å². The molecule has 0 aliphatic rings. The average Bonchev–Trinajstić information content (AvgIpc) is 2.32. The fraction of sp³-hybridized carbons (Fsp3) is 0.200. The summed E-state index contributed by atoms with van der Waals surface area (Å²) in [5.74, 6) is 0. The fourth-order valence-electron chi connectivity index (χ4n) is 1.68. The van der Waals surface area contributed by atoms with E-state index >= 15 is 0 Å². The van der Waals surface area contributed by atoms with Crippen LogP contribution in [-0.4, -0.2) is 0 Å². The standard InChI is InChI=1S/C15H16BrNS/c1-10-3-5-12(6-4-10)18-13-7-8-14(11(2)17)15(16)9-13/h3-9,11H,17H2,1-2H3/t11-/m0/s1. The zero-order chi connectivity index (χ0) is 13.1. The van der Waals surface area contributed by atoms with E-state index < -0.39 is 0 Å². The molecule has 2 aromatic carbocycles. The maximum atomic E-state index is 5.90. The van der Waals surface area contributed by atoms with Gasteiger partial charge in [0.2, 0.25) is 0 Å². The van der Waals surface area contributed by atoms with Crippen LogP contribution < -0.4 is 5.73 Å². The molecule has 0 saturated heterocycles. The largest absolute Gasteiger partial charge is 0.324 e. The SMILES string of the molecule is Cc1ccc(Sc2ccc([C@H](C)N)c(Br)c2)cc1. The second-order valence-corrected chi connectivity index (χ2v) is 6.39. The van der Waals surface area contributed by atoms with Crippen LogP contribution in [0.1, 0.15) is 24.1 Å². The van der Waals surface area contributed by atoms with Crippen LogP contribution in [0, 0.1) is 6.92 Å². The predicted octanol–water partition coefficient (Wildman–Crippen LogP) is 4.93. The maximum absolute atomic E-state index is 5.90. The van der Waals surface area contributed by atoms with Crippen LogP contribution in [0.2, 0.25) is 0 Å². The third-order valence-corrected chi connectivity index (χ3v) is 4.40. The number of nitrogens with two attached hydrogens (primary N) is 1. The molecular weight excluding hydrogens is 306 g/mol. The van der Waals surface area contributed by atoms with E-state index in [4.69, 9.17) is 5.73 Å². The molecule has 0 aliphatic heterocycles. The second-order valence-electron chi connectivity index (χ2n) is 4.39. The topological polar surface area (TPSA) is 26.0 Å². The number of rotatable bonds is 3. The summed E-state index contributed by atoms with van der Waals surface area (Å²) in [7, 11) is 0. The van der Waals surface area contributed by atoms with Crippen molar-refractivity contribution in [2.75, 3.05) is 0 Å². The lowest BCUT2D eigenvalue weighted by Gasteiger charge is -2.10. The van der Waals surface area contributed by atoms with Gasteiger partial charge in [-0.25, -0.2) is 0 Å². The molecule has 3 heteroatoms. The summed E-state index contributed by atoms with van der Waals surface area (Å²) in [5.41, 5.74) is 8.32. The Labute approximate surface area is 121 Å². The molecule has 0 spiro atoms. The Morgan fingerprint density at radius 2 is 1.67 bits per heavy atom. The van der Waals surface area contributed by atoms with Crippen LogP contribution in [-0.2, 0) is 0 Å². The smallest absolute Gasteiger partial charge is 0.0277 e. The van der Waals surface area contributed by atoms with Crippen molar-refractivity contribution in [2.24, 2.45) is 5.73 Å². The van der Waals surface area contributed by atoms with Gasteiger partial charge in [0.25, 0.3) is 0 Å². The first kappa shape index (κ1) is 13.7. The summed E-state index contributed by atoms with van der Waals surface area (Å²) in [6, 6.07) is 14.9. The van der Waals surface area contributed by atoms with Gasteiger partial charge in [0.15, 0.2) is 0 Å². The molecule has 0 radical (unpaired) electrons. The molecule has 0 heterocycles. The number of halogens is 1. The molecular formula is C15H16BrNS. The highest BCUT2D eigenvalue weighted by Crippen LogP contribution is 2.32. The lowest BCUT2D eigenvalue weighted by atomic mass is 10.1. The third kappa shape index (κ3) is 3.37. The quantitative estimate of drug-likeness (QED) is 0.867. The number of aryl methyl sites for hydroxylation is 1. The first-order chi connectivity index (χ1) is 8.56. The Bertz CT molecular complexity index is 535. The summed E-state index contributed by atoms with van der Waals surface area (Å²) in [5, 5.41) is 0. The van der Waals surface area contributed by atoms with Gasteiger partial charge in [0.1, 0.15) is 0 Å². The summed E-state index contributed by atoms with van der Waals surface area (Å²) in [6.45, 7) is 4.09. The molecule has 2 rings (SSSR count). The average molecular weight is 322 g/mol. The third-order valence-electron chi connectivity index (χ3n) is 2.72. The molecule has 94 valence electrons. The molecule has 0 saturated carbocycles. The lowest BCUT2D eigenvalue weighted by molar-refractivity contribution is 0.811. The van der Waals surface area contributed by atoms with Gasteiger partial charge in [-0.1, -0.05) is 51.5 Å². The number of hydrogen-bond donors (Lipinski definition) is 1. The Morgan fingerprint density at radius 1 is 1.06 bits per heavy atom. The molecule has 0 fully saturated rings. The van der Waals surface area contributed by atoms with Crippen LogP contribution in [0.25, 0.3) is 0 Å². The Hall–Kier alpha value is -0.770. The minimum atomic E-state index is 0.0535. The van der Waals surface area contributed by atoms with E-state index in [9.17, 15) is 0 Å². The van der Waals surface area contributed by atoms with Crippen LogP contribution in [0.3, 0.4) is 0 Å². The Balaban J connectivity index is 2.20. The van der Waals surface area contributed by atoms with Crippen molar-refractivity contribution in [1.82, 2.24) is 0 Å². The zero-order valence-corrected chi connectivity index (χ0v) is 12.9. The molecule has 0 aliphatic carbocycles. The minimum absolute atomic E-state index is 0.0535. The van der Waals surface area contributed by atoms with E-state index in [2.05, 4.69) is 65.3 Å². The van der Waals surface area contributed by atoms with Crippen LogP contribution >= 0.6 is 27.7 Å². The number of hydrogen-bond acceptors (Lipinski definition) is 2. The first-order valence-corrected chi connectivity index (χ1v) is 7.47. The molecule has 18 heavy (non-hydrogen) atoms. The normalized spacial score (nSPS) is 12.4. The van der Waals surface area contributed by atoms with E-state index in [1.165, 1.54) is 15.4 Å². The van der Waals surface area contributed by atoms with Crippen LogP contribution in [0.5, 0.6) is 0 Å². The van der Waals surface area contributed by atoms with Gasteiger partial charge >= 0.3 is 0 Å². The van der Waals surface area contributed by atoms with Crippen molar-refractivity contribution in [3.05, 3.63) is 58.1 Å². The Morgan fingerprint density at radius 3 is 2.22 bits per heavy atom. The van der Waals surface area contributed by atoms with Crippen LogP contribution in [0.15, 0.2) is 56.7 Å². The van der Waals surface area contributed by atoms with E-state index in [0.29, 0.717) is 0 Å². The van der Waals surface area contributed by atoms with Gasteiger partial charge in [-0.3, -0.25) is 0 Å². The molecule has 0 aromatic heterocycles. The van der Waals surface area contributed by atoms with Gasteiger partial charge in [0, 0.05) is 20.3 Å². The first-order valence-electron chi connectivity index (χ1n) is 5.86. The Kier molecular flexibility index (Phi) is 4.49. The van der Waals surface area contributed by atoms with Crippen molar-refractivity contribution in [3.63, 3.8) is 0 Å². The van der Waals surface area contributed by atoms with Gasteiger partial charge < -0.3 is 5.73 Å². The van der Waals surface area contributed by atoms with E-state index in [1.807, 2.05) is 6.92 Å². The van der Waals surface area contributed by atoms with Crippen molar-refractivity contribution in [3.8, 4) is 0 Å². The molecule has 1 nitrogen and oxygen atoms in total. The van der Waals surface area contributed by atoms with Gasteiger partial charge in [-0.15, -0.1) is 0 Å². The van der Waals surface area contributed by atoms with Gasteiger partial charge in [-0.05, 0) is 43.7 Å². The van der Waals surface area contributed by atoms with Crippen molar-refractivity contribution >= 4 is 27.7 Å². The molecule has 0 amide bonds. The highest BCUT2D eigenvalue weighted by Gasteiger charge is 2.06. The predicted molar refractivity (Wildman–Crippen MR) is 82.0 cm³/mol. The summed E-state index contributed by atoms with van der Waals surface area (Å²) >= 11 is 5.34. The maximum Gasteiger partial charge on any atom is 0.0277 e. The minimum Gasteiger partial charge on any atom is -0.324 e. The molecule has 1 atom stereocenters. The van der Waals surface area contributed by atoms with Crippen molar-refractivity contribution in [2.45, 2.75) is 29.7 Å². The monoisotopic (exact) mass is 321 g/mol. The molecule has 0 bridgehead atoms. The number of benzene rings is 2. The van der Waals surface area contributed by atoms with Crippen molar-refractivity contribution in [1.29, 1.82) is 0 Å². The molecule has 2 N–H and O–H groups in total. The summed E-state index contributed by atoms with van der Waals surface area (Å²) in [6.07, 6.45) is 0. The summed E-state index contributed by atoms with van der Waals surface area (Å²) in [4.78, 5) is 2.47.